The van der Waals surface area contributed by atoms with Crippen molar-refractivity contribution < 1.29 is 14.6 Å². The van der Waals surface area contributed by atoms with Gasteiger partial charge in [0.2, 0.25) is 0 Å². The molecule has 0 bridgehead atoms. The van der Waals surface area contributed by atoms with E-state index in [2.05, 4.69) is 15.9 Å². The minimum Gasteiger partial charge on any atom is -0.495 e. The van der Waals surface area contributed by atoms with Gasteiger partial charge < -0.3 is 9.84 Å². The first-order valence-corrected chi connectivity index (χ1v) is 7.09. The van der Waals surface area contributed by atoms with Crippen molar-refractivity contribution in [1.29, 1.82) is 0 Å². The first-order chi connectivity index (χ1) is 10.1. The molecule has 0 fully saturated rings. The fraction of sp³-hybridized carbons (Fsp3) is 0.0625. The van der Waals surface area contributed by atoms with Crippen molar-refractivity contribution in [3.05, 3.63) is 58.7 Å². The number of carboxylic acids is 1. The van der Waals surface area contributed by atoms with Crippen molar-refractivity contribution in [2.45, 2.75) is 0 Å². The van der Waals surface area contributed by atoms with E-state index in [1.54, 1.807) is 17.7 Å². The number of carbonyl (C=O) groups is 1. The van der Waals surface area contributed by atoms with Crippen LogP contribution in [0.15, 0.2) is 53.0 Å². The number of hydrogen-bond donors (Lipinski definition) is 1. The molecule has 5 heteroatoms. The summed E-state index contributed by atoms with van der Waals surface area (Å²) in [5.41, 5.74) is 1.71. The summed E-state index contributed by atoms with van der Waals surface area (Å²) < 4.78 is 7.91. The highest BCUT2D eigenvalue weighted by atomic mass is 79.9. The lowest BCUT2D eigenvalue weighted by Gasteiger charge is -2.12. The molecule has 1 N–H and O–H groups in total. The maximum atomic E-state index is 11.6. The van der Waals surface area contributed by atoms with Crippen LogP contribution in [0.25, 0.3) is 16.6 Å². The van der Waals surface area contributed by atoms with E-state index in [1.165, 1.54) is 0 Å². The molecule has 0 aliphatic carbocycles. The molecule has 0 atom stereocenters. The average molecular weight is 346 g/mol. The van der Waals surface area contributed by atoms with Crippen LogP contribution in [-0.4, -0.2) is 22.8 Å². The third-order valence-corrected chi connectivity index (χ3v) is 4.03. The Morgan fingerprint density at radius 3 is 2.67 bits per heavy atom. The van der Waals surface area contributed by atoms with Crippen LogP contribution in [0.5, 0.6) is 5.75 Å². The van der Waals surface area contributed by atoms with Crippen molar-refractivity contribution in [3.63, 3.8) is 0 Å². The highest BCUT2D eigenvalue weighted by molar-refractivity contribution is 9.10. The van der Waals surface area contributed by atoms with Crippen molar-refractivity contribution >= 4 is 32.8 Å². The number of benzene rings is 2. The van der Waals surface area contributed by atoms with Crippen LogP contribution >= 0.6 is 15.9 Å². The fourth-order valence-corrected chi connectivity index (χ4v) is 2.90. The van der Waals surface area contributed by atoms with Gasteiger partial charge in [-0.25, -0.2) is 4.79 Å². The molecule has 0 aliphatic rings. The van der Waals surface area contributed by atoms with Crippen molar-refractivity contribution in [2.75, 3.05) is 7.11 Å². The molecule has 4 nitrogen and oxygen atoms in total. The number of nitrogens with zero attached hydrogens (tertiary/aromatic N) is 1. The maximum Gasteiger partial charge on any atom is 0.352 e. The molecule has 21 heavy (non-hydrogen) atoms. The highest BCUT2D eigenvalue weighted by Gasteiger charge is 2.19. The molecule has 0 unspecified atom stereocenters. The predicted octanol–water partition coefficient (Wildman–Crippen LogP) is 4.10. The second-order valence-electron chi connectivity index (χ2n) is 4.51. The van der Waals surface area contributed by atoms with Gasteiger partial charge in [0.25, 0.3) is 0 Å². The molecule has 0 aliphatic heterocycles. The Labute approximate surface area is 129 Å². The largest absolute Gasteiger partial charge is 0.495 e. The molecule has 1 heterocycles. The minimum atomic E-state index is -0.982. The van der Waals surface area contributed by atoms with Crippen molar-refractivity contribution in [2.24, 2.45) is 0 Å². The zero-order chi connectivity index (χ0) is 15.0. The monoisotopic (exact) mass is 345 g/mol. The summed E-state index contributed by atoms with van der Waals surface area (Å²) in [6, 6.07) is 14.7. The number of fused-ring (bicyclic) bond motifs is 1. The summed E-state index contributed by atoms with van der Waals surface area (Å²) in [6.07, 6.45) is 0. The van der Waals surface area contributed by atoms with Crippen molar-refractivity contribution in [3.8, 4) is 11.4 Å². The van der Waals surface area contributed by atoms with Crippen LogP contribution in [0.1, 0.15) is 10.5 Å². The van der Waals surface area contributed by atoms with Crippen LogP contribution in [0.2, 0.25) is 0 Å². The van der Waals surface area contributed by atoms with Gasteiger partial charge in [0.15, 0.2) is 0 Å². The van der Waals surface area contributed by atoms with Crippen molar-refractivity contribution in [1.82, 2.24) is 4.57 Å². The molecule has 0 radical (unpaired) electrons. The number of rotatable bonds is 3. The lowest BCUT2D eigenvalue weighted by atomic mass is 10.2. The average Bonchev–Trinajstić information content (AvgIpc) is 2.88. The highest BCUT2D eigenvalue weighted by Crippen LogP contribution is 2.33. The Morgan fingerprint density at radius 1 is 1.19 bits per heavy atom. The van der Waals surface area contributed by atoms with Gasteiger partial charge in [-0.2, -0.15) is 0 Å². The molecule has 106 valence electrons. The molecular formula is C16H12BrNO3. The first kappa shape index (κ1) is 13.7. The number of aromatic nitrogens is 1. The normalized spacial score (nSPS) is 10.8. The van der Waals surface area contributed by atoms with E-state index in [0.29, 0.717) is 11.4 Å². The Balaban J connectivity index is 2.43. The second kappa shape index (κ2) is 5.26. The summed E-state index contributed by atoms with van der Waals surface area (Å²) in [4.78, 5) is 11.6. The van der Waals surface area contributed by atoms with Gasteiger partial charge in [-0.05, 0) is 30.3 Å². The molecule has 0 saturated heterocycles. The summed E-state index contributed by atoms with van der Waals surface area (Å²) >= 11 is 3.46. The SMILES string of the molecule is COc1ccccc1-n1c(C(=O)O)cc2c(Br)cccc21. The van der Waals surface area contributed by atoms with Crippen LogP contribution in [-0.2, 0) is 0 Å². The van der Waals surface area contributed by atoms with Gasteiger partial charge in [-0.3, -0.25) is 4.57 Å². The summed E-state index contributed by atoms with van der Waals surface area (Å²) in [6.45, 7) is 0. The van der Waals surface area contributed by atoms with E-state index >= 15 is 0 Å². The van der Waals surface area contributed by atoms with E-state index in [-0.39, 0.29) is 5.69 Å². The van der Waals surface area contributed by atoms with E-state index in [4.69, 9.17) is 4.74 Å². The Bertz CT molecular complexity index is 839. The van der Waals surface area contributed by atoms with E-state index in [9.17, 15) is 9.90 Å². The molecule has 0 saturated carbocycles. The van der Waals surface area contributed by atoms with Crippen LogP contribution in [0.3, 0.4) is 0 Å². The zero-order valence-electron chi connectivity index (χ0n) is 11.2. The molecule has 0 spiro atoms. The van der Waals surface area contributed by atoms with Gasteiger partial charge in [0.05, 0.1) is 18.3 Å². The quantitative estimate of drug-likeness (QED) is 0.777. The number of methoxy groups -OCH3 is 1. The minimum absolute atomic E-state index is 0.196. The fourth-order valence-electron chi connectivity index (χ4n) is 2.43. The maximum absolute atomic E-state index is 11.6. The van der Waals surface area contributed by atoms with Gasteiger partial charge in [-0.1, -0.05) is 34.1 Å². The molecule has 1 aromatic heterocycles. The van der Waals surface area contributed by atoms with Gasteiger partial charge >= 0.3 is 5.97 Å². The number of hydrogen-bond acceptors (Lipinski definition) is 2. The zero-order valence-corrected chi connectivity index (χ0v) is 12.8. The van der Waals surface area contributed by atoms with Gasteiger partial charge in [0.1, 0.15) is 11.4 Å². The molecular weight excluding hydrogens is 334 g/mol. The van der Waals surface area contributed by atoms with Gasteiger partial charge in [-0.15, -0.1) is 0 Å². The molecule has 0 amide bonds. The Kier molecular flexibility index (Phi) is 3.43. The number of aromatic carboxylic acids is 1. The predicted molar refractivity (Wildman–Crippen MR) is 84.5 cm³/mol. The number of para-hydroxylation sites is 2. The first-order valence-electron chi connectivity index (χ1n) is 6.30. The third kappa shape index (κ3) is 2.19. The van der Waals surface area contributed by atoms with Gasteiger partial charge in [0, 0.05) is 9.86 Å². The van der Waals surface area contributed by atoms with Crippen LogP contribution in [0, 0.1) is 0 Å². The third-order valence-electron chi connectivity index (χ3n) is 3.34. The number of halogens is 1. The topological polar surface area (TPSA) is 51.5 Å². The van der Waals surface area contributed by atoms with E-state index in [0.717, 1.165) is 15.4 Å². The second-order valence-corrected chi connectivity index (χ2v) is 5.37. The Hall–Kier alpha value is -2.27. The van der Waals surface area contributed by atoms with E-state index in [1.807, 2.05) is 42.5 Å². The van der Waals surface area contributed by atoms with Crippen LogP contribution in [0.4, 0.5) is 0 Å². The molecule has 3 rings (SSSR count). The molecule has 2 aromatic carbocycles. The Morgan fingerprint density at radius 2 is 1.95 bits per heavy atom. The van der Waals surface area contributed by atoms with E-state index < -0.39 is 5.97 Å². The number of carboxylic acid groups (broad SMARTS) is 1. The summed E-state index contributed by atoms with van der Waals surface area (Å²) in [7, 11) is 1.57. The summed E-state index contributed by atoms with van der Waals surface area (Å²) in [5, 5.41) is 10.4. The molecule has 3 aromatic rings. The van der Waals surface area contributed by atoms with Crippen LogP contribution < -0.4 is 4.74 Å². The lowest BCUT2D eigenvalue weighted by molar-refractivity contribution is 0.0688. The lowest BCUT2D eigenvalue weighted by Crippen LogP contribution is -2.07. The summed E-state index contributed by atoms with van der Waals surface area (Å²) in [5.74, 6) is -0.360. The smallest absolute Gasteiger partial charge is 0.352 e. The standard InChI is InChI=1S/C16H12BrNO3/c1-21-15-8-3-2-6-13(15)18-12-7-4-5-11(17)10(12)9-14(18)16(19)20/h2-9H,1H3,(H,19,20). The number of ether oxygens (including phenoxy) is 1.